The maximum atomic E-state index is 2.29. The Kier molecular flexibility index (Phi) is 4.34. The second kappa shape index (κ2) is 6.21. The standard InChI is InChI=1S/C16H17Si/c1-2-3-14-17(15-10-6-4-7-11-15)16-12-8-5-9-13-16/h2-13H,14H2,1H3/b3-2-. The van der Waals surface area contributed by atoms with E-state index in [9.17, 15) is 0 Å². The molecule has 85 valence electrons. The number of benzene rings is 2. The molecule has 17 heavy (non-hydrogen) atoms. The van der Waals surface area contributed by atoms with E-state index < -0.39 is 8.80 Å². The van der Waals surface area contributed by atoms with Gasteiger partial charge in [-0.15, -0.1) is 0 Å². The fraction of sp³-hybridized carbons (Fsp3) is 0.125. The molecular weight excluding hydrogens is 220 g/mol. The van der Waals surface area contributed by atoms with E-state index in [0.29, 0.717) is 0 Å². The Morgan fingerprint density at radius 1 is 0.824 bits per heavy atom. The molecule has 0 fully saturated rings. The summed E-state index contributed by atoms with van der Waals surface area (Å²) < 4.78 is 0. The third kappa shape index (κ3) is 3.18. The van der Waals surface area contributed by atoms with E-state index in [4.69, 9.17) is 0 Å². The number of allylic oxidation sites excluding steroid dienone is 2. The molecule has 0 aliphatic carbocycles. The Morgan fingerprint density at radius 2 is 1.29 bits per heavy atom. The molecule has 0 aromatic heterocycles. The summed E-state index contributed by atoms with van der Waals surface area (Å²) in [5.74, 6) is 0. The van der Waals surface area contributed by atoms with Crippen LogP contribution in [0.3, 0.4) is 0 Å². The van der Waals surface area contributed by atoms with Gasteiger partial charge >= 0.3 is 0 Å². The lowest BCUT2D eigenvalue weighted by Crippen LogP contribution is -2.41. The number of rotatable bonds is 4. The lowest BCUT2D eigenvalue weighted by Gasteiger charge is -2.13. The molecule has 2 aromatic rings. The van der Waals surface area contributed by atoms with Crippen LogP contribution in [0.15, 0.2) is 72.8 Å². The first-order valence-electron chi connectivity index (χ1n) is 5.99. The van der Waals surface area contributed by atoms with Crippen LogP contribution in [0.5, 0.6) is 0 Å². The van der Waals surface area contributed by atoms with Crippen molar-refractivity contribution in [2.24, 2.45) is 0 Å². The van der Waals surface area contributed by atoms with Gasteiger partial charge in [-0.3, -0.25) is 0 Å². The van der Waals surface area contributed by atoms with E-state index in [1.807, 2.05) is 0 Å². The van der Waals surface area contributed by atoms with Crippen molar-refractivity contribution in [1.82, 2.24) is 0 Å². The molecule has 0 bridgehead atoms. The zero-order chi connectivity index (χ0) is 11.9. The normalized spacial score (nSPS) is 11.2. The van der Waals surface area contributed by atoms with E-state index >= 15 is 0 Å². The van der Waals surface area contributed by atoms with Gasteiger partial charge in [0.25, 0.3) is 0 Å². The Labute approximate surface area is 105 Å². The van der Waals surface area contributed by atoms with Crippen LogP contribution in [-0.4, -0.2) is 8.80 Å². The summed E-state index contributed by atoms with van der Waals surface area (Å²) in [5, 5.41) is 2.98. The van der Waals surface area contributed by atoms with E-state index in [1.54, 1.807) is 0 Å². The fourth-order valence-electron chi connectivity index (χ4n) is 1.92. The van der Waals surface area contributed by atoms with Crippen molar-refractivity contribution in [2.75, 3.05) is 0 Å². The molecule has 1 radical (unpaired) electrons. The van der Waals surface area contributed by atoms with Crippen molar-refractivity contribution < 1.29 is 0 Å². The highest BCUT2D eigenvalue weighted by Gasteiger charge is 2.14. The van der Waals surface area contributed by atoms with Gasteiger partial charge in [0, 0.05) is 0 Å². The van der Waals surface area contributed by atoms with Crippen LogP contribution in [0.25, 0.3) is 0 Å². The Balaban J connectivity index is 2.32. The van der Waals surface area contributed by atoms with Crippen LogP contribution in [0.4, 0.5) is 0 Å². The summed E-state index contributed by atoms with van der Waals surface area (Å²) in [4.78, 5) is 0. The Morgan fingerprint density at radius 3 is 1.71 bits per heavy atom. The third-order valence-electron chi connectivity index (χ3n) is 2.80. The van der Waals surface area contributed by atoms with Crippen molar-refractivity contribution in [2.45, 2.75) is 13.0 Å². The highest BCUT2D eigenvalue weighted by Crippen LogP contribution is 1.99. The van der Waals surface area contributed by atoms with E-state index in [0.717, 1.165) is 6.04 Å². The fourth-order valence-corrected chi connectivity index (χ4v) is 4.38. The molecule has 0 amide bonds. The minimum Gasteiger partial charge on any atom is -0.0919 e. The molecule has 1 heteroatoms. The van der Waals surface area contributed by atoms with Crippen LogP contribution in [0.2, 0.25) is 6.04 Å². The van der Waals surface area contributed by atoms with Gasteiger partial charge in [0.1, 0.15) is 8.80 Å². The highest BCUT2D eigenvalue weighted by atomic mass is 28.3. The van der Waals surface area contributed by atoms with Gasteiger partial charge in [-0.2, -0.15) is 0 Å². The molecule has 0 atom stereocenters. The molecule has 0 saturated carbocycles. The summed E-state index contributed by atoms with van der Waals surface area (Å²) in [6.07, 6.45) is 4.44. The topological polar surface area (TPSA) is 0 Å². The first-order chi connectivity index (χ1) is 8.42. The summed E-state index contributed by atoms with van der Waals surface area (Å²) in [6.45, 7) is 2.09. The molecule has 0 unspecified atom stereocenters. The summed E-state index contributed by atoms with van der Waals surface area (Å²) in [7, 11) is -0.649. The lowest BCUT2D eigenvalue weighted by atomic mass is 10.4. The molecule has 2 rings (SSSR count). The Hall–Kier alpha value is -1.60. The average Bonchev–Trinajstić information content (AvgIpc) is 2.42. The van der Waals surface area contributed by atoms with Gasteiger partial charge in [-0.25, -0.2) is 0 Å². The second-order valence-electron chi connectivity index (χ2n) is 3.98. The predicted molar refractivity (Wildman–Crippen MR) is 77.5 cm³/mol. The molecule has 0 nitrogen and oxygen atoms in total. The van der Waals surface area contributed by atoms with Crippen LogP contribution in [0, 0.1) is 0 Å². The van der Waals surface area contributed by atoms with Crippen molar-refractivity contribution in [3.63, 3.8) is 0 Å². The zero-order valence-corrected chi connectivity index (χ0v) is 11.1. The van der Waals surface area contributed by atoms with Crippen molar-refractivity contribution in [3.8, 4) is 0 Å². The molecule has 0 N–H and O–H groups in total. The van der Waals surface area contributed by atoms with Gasteiger partial charge in [0.15, 0.2) is 0 Å². The predicted octanol–water partition coefficient (Wildman–Crippen LogP) is 2.87. The lowest BCUT2D eigenvalue weighted by molar-refractivity contribution is 1.58. The van der Waals surface area contributed by atoms with E-state index in [1.165, 1.54) is 10.4 Å². The van der Waals surface area contributed by atoms with Crippen molar-refractivity contribution >= 4 is 19.2 Å². The second-order valence-corrected chi connectivity index (χ2v) is 6.50. The van der Waals surface area contributed by atoms with Crippen molar-refractivity contribution in [3.05, 3.63) is 72.8 Å². The molecule has 2 aromatic carbocycles. The van der Waals surface area contributed by atoms with Gasteiger partial charge in [-0.05, 0) is 13.0 Å². The van der Waals surface area contributed by atoms with Gasteiger partial charge in [0.05, 0.1) is 0 Å². The number of hydrogen-bond acceptors (Lipinski definition) is 0. The van der Waals surface area contributed by atoms with Crippen molar-refractivity contribution in [1.29, 1.82) is 0 Å². The Bertz CT molecular complexity index is 420. The molecule has 0 aliphatic rings. The van der Waals surface area contributed by atoms with Gasteiger partial charge in [0.2, 0.25) is 0 Å². The molecule has 0 saturated heterocycles. The minimum absolute atomic E-state index is 0.649. The SMILES string of the molecule is C/C=C\C[Si](c1ccccc1)c1ccccc1. The maximum absolute atomic E-state index is 2.29. The third-order valence-corrected chi connectivity index (χ3v) is 5.51. The molecular formula is C16H17Si. The quantitative estimate of drug-likeness (QED) is 0.566. The maximum Gasteiger partial charge on any atom is 0.125 e. The minimum atomic E-state index is -0.649. The average molecular weight is 237 g/mol. The first kappa shape index (κ1) is 11.9. The summed E-state index contributed by atoms with van der Waals surface area (Å²) in [5.41, 5.74) is 0. The van der Waals surface area contributed by atoms with Gasteiger partial charge in [-0.1, -0.05) is 83.2 Å². The molecule has 0 spiro atoms. The van der Waals surface area contributed by atoms with Gasteiger partial charge < -0.3 is 0 Å². The van der Waals surface area contributed by atoms with Crippen LogP contribution >= 0.6 is 0 Å². The van der Waals surface area contributed by atoms with Crippen LogP contribution < -0.4 is 10.4 Å². The van der Waals surface area contributed by atoms with Crippen LogP contribution in [0.1, 0.15) is 6.92 Å². The zero-order valence-electron chi connectivity index (χ0n) is 10.1. The largest absolute Gasteiger partial charge is 0.125 e. The highest BCUT2D eigenvalue weighted by molar-refractivity contribution is 6.85. The molecule has 0 aliphatic heterocycles. The van der Waals surface area contributed by atoms with E-state index in [2.05, 4.69) is 79.7 Å². The molecule has 0 heterocycles. The first-order valence-corrected chi connectivity index (χ1v) is 7.70. The number of hydrogen-bond donors (Lipinski definition) is 0. The monoisotopic (exact) mass is 237 g/mol. The summed E-state index contributed by atoms with van der Waals surface area (Å²) in [6, 6.07) is 22.9. The van der Waals surface area contributed by atoms with E-state index in [-0.39, 0.29) is 0 Å². The van der Waals surface area contributed by atoms with Crippen LogP contribution in [-0.2, 0) is 0 Å². The smallest absolute Gasteiger partial charge is 0.0919 e. The summed E-state index contributed by atoms with van der Waals surface area (Å²) >= 11 is 0.